The molecule has 25 heavy (non-hydrogen) atoms. The molecule has 1 aliphatic heterocycles. The van der Waals surface area contributed by atoms with Crippen LogP contribution in [0.4, 0.5) is 4.39 Å². The van der Waals surface area contributed by atoms with E-state index in [1.54, 1.807) is 13.2 Å². The first kappa shape index (κ1) is 19.5. The van der Waals surface area contributed by atoms with E-state index in [0.29, 0.717) is 24.7 Å². The molecule has 1 saturated heterocycles. The molecule has 2 aromatic rings. The van der Waals surface area contributed by atoms with E-state index in [1.165, 1.54) is 12.1 Å². The molecule has 6 heteroatoms. The predicted octanol–water partition coefficient (Wildman–Crippen LogP) is 3.67. The maximum absolute atomic E-state index is 13.7. The molecule has 0 aliphatic carbocycles. The number of hydrogen-bond donors (Lipinski definition) is 1. The minimum Gasteiger partial charge on any atom is -0.493 e. The van der Waals surface area contributed by atoms with E-state index in [9.17, 15) is 4.39 Å². The molecule has 2 aromatic carbocycles. The molecule has 4 nitrogen and oxygen atoms in total. The van der Waals surface area contributed by atoms with Gasteiger partial charge in [-0.1, -0.05) is 18.2 Å². The van der Waals surface area contributed by atoms with E-state index in [2.05, 4.69) is 5.32 Å². The van der Waals surface area contributed by atoms with Gasteiger partial charge in [0.05, 0.1) is 13.7 Å². The van der Waals surface area contributed by atoms with Crippen molar-refractivity contribution in [3.8, 4) is 11.5 Å². The molecule has 136 valence electrons. The zero-order chi connectivity index (χ0) is 16.9. The Morgan fingerprint density at radius 2 is 2.04 bits per heavy atom. The van der Waals surface area contributed by atoms with Gasteiger partial charge in [0.1, 0.15) is 11.9 Å². The van der Waals surface area contributed by atoms with Gasteiger partial charge >= 0.3 is 0 Å². The van der Waals surface area contributed by atoms with Gasteiger partial charge in [0.25, 0.3) is 0 Å². The molecule has 0 bridgehead atoms. The van der Waals surface area contributed by atoms with Gasteiger partial charge < -0.3 is 19.5 Å². The van der Waals surface area contributed by atoms with Gasteiger partial charge in [-0.2, -0.15) is 0 Å². The zero-order valence-corrected chi connectivity index (χ0v) is 15.1. The van der Waals surface area contributed by atoms with E-state index in [4.69, 9.17) is 14.2 Å². The van der Waals surface area contributed by atoms with Crippen LogP contribution in [0.2, 0.25) is 0 Å². The van der Waals surface area contributed by atoms with Gasteiger partial charge in [0.15, 0.2) is 17.6 Å². The van der Waals surface area contributed by atoms with Crippen LogP contribution in [-0.2, 0) is 4.74 Å². The topological polar surface area (TPSA) is 39.7 Å². The summed E-state index contributed by atoms with van der Waals surface area (Å²) in [7, 11) is 1.61. The average molecular weight is 368 g/mol. The lowest BCUT2D eigenvalue weighted by molar-refractivity contribution is -0.0439. The summed E-state index contributed by atoms with van der Waals surface area (Å²) in [5, 5.41) is 3.29. The molecule has 1 N–H and O–H groups in total. The van der Waals surface area contributed by atoms with Crippen molar-refractivity contribution in [2.45, 2.75) is 19.1 Å². The average Bonchev–Trinajstić information content (AvgIpc) is 2.61. The molecule has 0 spiro atoms. The maximum atomic E-state index is 13.7. The third-order valence-electron chi connectivity index (χ3n) is 4.04. The third kappa shape index (κ3) is 4.84. The van der Waals surface area contributed by atoms with Crippen molar-refractivity contribution in [1.29, 1.82) is 0 Å². The van der Waals surface area contributed by atoms with Crippen molar-refractivity contribution in [2.75, 3.05) is 26.8 Å². The number of nitrogens with one attached hydrogen (secondary N) is 1. The minimum absolute atomic E-state index is 0. The first-order valence-electron chi connectivity index (χ1n) is 8.06. The molecule has 1 unspecified atom stereocenters. The van der Waals surface area contributed by atoms with E-state index >= 15 is 0 Å². The highest BCUT2D eigenvalue weighted by molar-refractivity contribution is 5.85. The molecular weight excluding hydrogens is 345 g/mol. The Kier molecular flexibility index (Phi) is 7.05. The van der Waals surface area contributed by atoms with Crippen LogP contribution < -0.4 is 14.8 Å². The number of ether oxygens (including phenoxy) is 3. The smallest absolute Gasteiger partial charge is 0.162 e. The summed E-state index contributed by atoms with van der Waals surface area (Å²) in [4.78, 5) is 0. The SMILES string of the molecule is COc1cc(C)ccc1OC(c1cccc(F)c1)[C@@H]1CNCCO1.Cl. The van der Waals surface area contributed by atoms with Crippen LogP contribution in [0.1, 0.15) is 17.2 Å². The van der Waals surface area contributed by atoms with Crippen LogP contribution >= 0.6 is 12.4 Å². The Bertz CT molecular complexity index is 692. The predicted molar refractivity (Wildman–Crippen MR) is 97.4 cm³/mol. The third-order valence-corrected chi connectivity index (χ3v) is 4.04. The van der Waals surface area contributed by atoms with E-state index in [-0.39, 0.29) is 24.3 Å². The molecule has 1 fully saturated rings. The van der Waals surface area contributed by atoms with Gasteiger partial charge in [-0.05, 0) is 42.3 Å². The highest BCUT2D eigenvalue weighted by Crippen LogP contribution is 2.34. The van der Waals surface area contributed by atoms with Gasteiger partial charge in [-0.25, -0.2) is 4.39 Å². The lowest BCUT2D eigenvalue weighted by Gasteiger charge is -2.32. The van der Waals surface area contributed by atoms with Crippen LogP contribution in [-0.4, -0.2) is 32.9 Å². The fourth-order valence-corrected chi connectivity index (χ4v) is 2.83. The Labute approximate surface area is 153 Å². The van der Waals surface area contributed by atoms with E-state index < -0.39 is 6.10 Å². The molecule has 0 saturated carbocycles. The van der Waals surface area contributed by atoms with Crippen molar-refractivity contribution in [3.63, 3.8) is 0 Å². The summed E-state index contributed by atoms with van der Waals surface area (Å²) in [6.45, 7) is 4.05. The van der Waals surface area contributed by atoms with Crippen LogP contribution in [0, 0.1) is 12.7 Å². The normalized spacial score (nSPS) is 18.1. The number of hydrogen-bond acceptors (Lipinski definition) is 4. The molecule has 3 rings (SSSR count). The van der Waals surface area contributed by atoms with Crippen LogP contribution in [0.15, 0.2) is 42.5 Å². The van der Waals surface area contributed by atoms with E-state index in [1.807, 2.05) is 31.2 Å². The number of aryl methyl sites for hydroxylation is 1. The monoisotopic (exact) mass is 367 g/mol. The molecule has 2 atom stereocenters. The molecule has 0 radical (unpaired) electrons. The molecule has 0 amide bonds. The fourth-order valence-electron chi connectivity index (χ4n) is 2.83. The van der Waals surface area contributed by atoms with Crippen molar-refractivity contribution in [2.24, 2.45) is 0 Å². The van der Waals surface area contributed by atoms with Crippen molar-refractivity contribution in [1.82, 2.24) is 5.32 Å². The number of methoxy groups -OCH3 is 1. The van der Waals surface area contributed by atoms with Crippen molar-refractivity contribution in [3.05, 3.63) is 59.4 Å². The summed E-state index contributed by atoms with van der Waals surface area (Å²) in [6.07, 6.45) is -0.628. The molecule has 1 aliphatic rings. The summed E-state index contributed by atoms with van der Waals surface area (Å²) >= 11 is 0. The second-order valence-corrected chi connectivity index (χ2v) is 5.86. The largest absolute Gasteiger partial charge is 0.493 e. The van der Waals surface area contributed by atoms with Gasteiger partial charge in [-0.3, -0.25) is 0 Å². The standard InChI is InChI=1S/C19H22FNO3.ClH/c1-13-6-7-16(17(10-13)22-2)24-19(18-12-21-8-9-23-18)14-4-3-5-15(20)11-14;/h3-7,10-11,18-19,21H,8-9,12H2,1-2H3;1H/t18-,19?;/m0./s1. The van der Waals surface area contributed by atoms with Crippen molar-refractivity contribution >= 4 is 12.4 Å². The van der Waals surface area contributed by atoms with Gasteiger partial charge in [0.2, 0.25) is 0 Å². The van der Waals surface area contributed by atoms with Gasteiger partial charge in [-0.15, -0.1) is 12.4 Å². The highest BCUT2D eigenvalue weighted by atomic mass is 35.5. The number of morpholine rings is 1. The Morgan fingerprint density at radius 3 is 2.72 bits per heavy atom. The Balaban J connectivity index is 0.00000225. The maximum Gasteiger partial charge on any atom is 0.162 e. The first-order chi connectivity index (χ1) is 11.7. The van der Waals surface area contributed by atoms with Crippen LogP contribution in [0.25, 0.3) is 0 Å². The summed E-state index contributed by atoms with van der Waals surface area (Å²) in [5.74, 6) is 0.979. The summed E-state index contributed by atoms with van der Waals surface area (Å²) < 4.78 is 31.2. The second kappa shape index (κ2) is 9.04. The second-order valence-electron chi connectivity index (χ2n) is 5.86. The minimum atomic E-state index is -0.426. The number of rotatable bonds is 5. The van der Waals surface area contributed by atoms with E-state index in [0.717, 1.165) is 17.7 Å². The fraction of sp³-hybridized carbons (Fsp3) is 0.368. The highest BCUT2D eigenvalue weighted by Gasteiger charge is 2.29. The summed E-state index contributed by atoms with van der Waals surface area (Å²) in [5.41, 5.74) is 1.82. The Morgan fingerprint density at radius 1 is 1.20 bits per heavy atom. The molecule has 0 aromatic heterocycles. The van der Waals surface area contributed by atoms with Crippen LogP contribution in [0.5, 0.6) is 11.5 Å². The quantitative estimate of drug-likeness (QED) is 0.875. The lowest BCUT2D eigenvalue weighted by Crippen LogP contribution is -2.43. The zero-order valence-electron chi connectivity index (χ0n) is 14.3. The first-order valence-corrected chi connectivity index (χ1v) is 8.06. The van der Waals surface area contributed by atoms with Gasteiger partial charge in [0, 0.05) is 13.1 Å². The number of benzene rings is 2. The lowest BCUT2D eigenvalue weighted by atomic mass is 10.0. The Hall–Kier alpha value is -1.82. The summed E-state index contributed by atoms with van der Waals surface area (Å²) in [6, 6.07) is 12.2. The van der Waals surface area contributed by atoms with Crippen molar-refractivity contribution < 1.29 is 18.6 Å². The van der Waals surface area contributed by atoms with Crippen LogP contribution in [0.3, 0.4) is 0 Å². The molecular formula is C19H23ClFNO3. The number of halogens is 2. The molecule has 1 heterocycles.